The maximum atomic E-state index is 10.1. The van der Waals surface area contributed by atoms with Gasteiger partial charge in [0.05, 0.1) is 6.10 Å². The maximum absolute atomic E-state index is 10.1. The van der Waals surface area contributed by atoms with Gasteiger partial charge in [0.2, 0.25) is 0 Å². The molecule has 1 heterocycles. The van der Waals surface area contributed by atoms with Gasteiger partial charge >= 0.3 is 0 Å². The van der Waals surface area contributed by atoms with Crippen molar-refractivity contribution in [2.24, 2.45) is 5.18 Å². The highest BCUT2D eigenvalue weighted by molar-refractivity contribution is 4.85. The number of ether oxygens (including phenoxy) is 1. The lowest BCUT2D eigenvalue weighted by Crippen LogP contribution is -2.30. The van der Waals surface area contributed by atoms with Crippen LogP contribution < -0.4 is 0 Å². The van der Waals surface area contributed by atoms with E-state index in [2.05, 4.69) is 5.18 Å². The molecule has 0 aliphatic carbocycles. The fraction of sp³-hybridized carbons (Fsp3) is 1.00. The van der Waals surface area contributed by atoms with Crippen LogP contribution in [0, 0.1) is 4.91 Å². The lowest BCUT2D eigenvalue weighted by Gasteiger charge is -2.14. The van der Waals surface area contributed by atoms with Crippen molar-refractivity contribution in [3.63, 3.8) is 0 Å². The van der Waals surface area contributed by atoms with E-state index in [9.17, 15) is 4.91 Å². The van der Waals surface area contributed by atoms with Gasteiger partial charge in [-0.05, 0) is 13.3 Å². The van der Waals surface area contributed by atoms with E-state index in [0.717, 1.165) is 0 Å². The molecule has 0 aromatic carbocycles. The first-order chi connectivity index (χ1) is 4.75. The summed E-state index contributed by atoms with van der Waals surface area (Å²) in [4.78, 5) is 10.1. The SMILES string of the molecule is CC(O)C1OCC[C@@H]1N=O. The molecule has 4 heteroatoms. The molecule has 0 saturated carbocycles. The van der Waals surface area contributed by atoms with Crippen LogP contribution in [-0.2, 0) is 4.74 Å². The number of aliphatic hydroxyl groups is 1. The molecule has 1 rings (SSSR count). The van der Waals surface area contributed by atoms with Crippen LogP contribution in [0.2, 0.25) is 0 Å². The fourth-order valence-electron chi connectivity index (χ4n) is 1.17. The number of hydrogen-bond acceptors (Lipinski definition) is 4. The lowest BCUT2D eigenvalue weighted by molar-refractivity contribution is 0.00281. The molecular weight excluding hydrogens is 134 g/mol. The van der Waals surface area contributed by atoms with E-state index < -0.39 is 6.10 Å². The topological polar surface area (TPSA) is 58.9 Å². The Balaban J connectivity index is 2.49. The Morgan fingerprint density at radius 1 is 1.80 bits per heavy atom. The second-order valence-electron chi connectivity index (χ2n) is 2.54. The average Bonchev–Trinajstić information content (AvgIpc) is 2.33. The predicted molar refractivity (Wildman–Crippen MR) is 35.6 cm³/mol. The second kappa shape index (κ2) is 3.07. The molecule has 1 aliphatic rings. The third-order valence-corrected chi connectivity index (χ3v) is 1.71. The molecule has 1 aliphatic heterocycles. The Hall–Kier alpha value is -0.480. The third kappa shape index (κ3) is 1.33. The molecule has 4 nitrogen and oxygen atoms in total. The van der Waals surface area contributed by atoms with Crippen molar-refractivity contribution in [2.45, 2.75) is 31.6 Å². The maximum Gasteiger partial charge on any atom is 0.123 e. The van der Waals surface area contributed by atoms with Crippen molar-refractivity contribution in [3.05, 3.63) is 4.91 Å². The van der Waals surface area contributed by atoms with Crippen LogP contribution in [0.15, 0.2) is 5.18 Å². The van der Waals surface area contributed by atoms with E-state index in [-0.39, 0.29) is 12.1 Å². The molecule has 0 aromatic rings. The Morgan fingerprint density at radius 2 is 2.50 bits per heavy atom. The van der Waals surface area contributed by atoms with Crippen LogP contribution in [0.5, 0.6) is 0 Å². The van der Waals surface area contributed by atoms with Gasteiger partial charge in [-0.15, -0.1) is 0 Å². The number of rotatable bonds is 2. The molecule has 3 atom stereocenters. The summed E-state index contributed by atoms with van der Waals surface area (Å²) in [7, 11) is 0. The number of nitroso groups, excluding NO2 is 1. The van der Waals surface area contributed by atoms with Crippen LogP contribution in [0.3, 0.4) is 0 Å². The highest BCUT2D eigenvalue weighted by Gasteiger charge is 2.32. The summed E-state index contributed by atoms with van der Waals surface area (Å²) in [5.74, 6) is 0. The highest BCUT2D eigenvalue weighted by atomic mass is 16.5. The highest BCUT2D eigenvalue weighted by Crippen LogP contribution is 2.19. The molecule has 1 fully saturated rings. The van der Waals surface area contributed by atoms with Crippen molar-refractivity contribution in [1.82, 2.24) is 0 Å². The van der Waals surface area contributed by atoms with Crippen molar-refractivity contribution >= 4 is 0 Å². The van der Waals surface area contributed by atoms with Crippen LogP contribution in [-0.4, -0.2) is 30.0 Å². The van der Waals surface area contributed by atoms with E-state index in [1.807, 2.05) is 0 Å². The third-order valence-electron chi connectivity index (χ3n) is 1.71. The Kier molecular flexibility index (Phi) is 2.34. The largest absolute Gasteiger partial charge is 0.391 e. The minimum atomic E-state index is -0.592. The van der Waals surface area contributed by atoms with Gasteiger partial charge in [0.1, 0.15) is 12.1 Å². The van der Waals surface area contributed by atoms with E-state index in [1.54, 1.807) is 6.92 Å². The first-order valence-electron chi connectivity index (χ1n) is 3.38. The molecule has 2 unspecified atom stereocenters. The monoisotopic (exact) mass is 145 g/mol. The van der Waals surface area contributed by atoms with Crippen molar-refractivity contribution in [3.8, 4) is 0 Å². The summed E-state index contributed by atoms with van der Waals surface area (Å²) in [5, 5.41) is 11.9. The summed E-state index contributed by atoms with van der Waals surface area (Å²) in [6.07, 6.45) is -0.332. The minimum Gasteiger partial charge on any atom is -0.391 e. The Labute approximate surface area is 59.2 Å². The summed E-state index contributed by atoms with van der Waals surface area (Å²) in [5.41, 5.74) is 0. The van der Waals surface area contributed by atoms with E-state index >= 15 is 0 Å². The van der Waals surface area contributed by atoms with Gasteiger partial charge in [-0.3, -0.25) is 0 Å². The molecule has 0 aromatic heterocycles. The van der Waals surface area contributed by atoms with E-state index in [0.29, 0.717) is 13.0 Å². The van der Waals surface area contributed by atoms with Gasteiger partial charge in [-0.1, -0.05) is 5.18 Å². The summed E-state index contributed by atoms with van der Waals surface area (Å²) in [6.45, 7) is 2.14. The number of hydrogen-bond donors (Lipinski definition) is 1. The number of nitrogens with zero attached hydrogens (tertiary/aromatic N) is 1. The zero-order valence-electron chi connectivity index (χ0n) is 5.86. The van der Waals surface area contributed by atoms with Crippen LogP contribution in [0.1, 0.15) is 13.3 Å². The summed E-state index contributed by atoms with van der Waals surface area (Å²) < 4.78 is 5.07. The number of aliphatic hydroxyl groups excluding tert-OH is 1. The summed E-state index contributed by atoms with van der Waals surface area (Å²) >= 11 is 0. The van der Waals surface area contributed by atoms with E-state index in [1.165, 1.54) is 0 Å². The van der Waals surface area contributed by atoms with Crippen molar-refractivity contribution < 1.29 is 9.84 Å². The van der Waals surface area contributed by atoms with E-state index in [4.69, 9.17) is 9.84 Å². The summed E-state index contributed by atoms with van der Waals surface area (Å²) in [6, 6.07) is -0.347. The molecule has 58 valence electrons. The molecule has 0 amide bonds. The van der Waals surface area contributed by atoms with Gasteiger partial charge in [-0.2, -0.15) is 4.91 Å². The fourth-order valence-corrected chi connectivity index (χ4v) is 1.17. The zero-order valence-corrected chi connectivity index (χ0v) is 5.86. The molecule has 10 heavy (non-hydrogen) atoms. The first kappa shape index (κ1) is 7.63. The molecule has 0 radical (unpaired) electrons. The zero-order chi connectivity index (χ0) is 7.56. The predicted octanol–water partition coefficient (Wildman–Crippen LogP) is 0.291. The molecule has 0 bridgehead atoms. The van der Waals surface area contributed by atoms with Crippen LogP contribution in [0.25, 0.3) is 0 Å². The Bertz CT molecular complexity index is 126. The van der Waals surface area contributed by atoms with Crippen molar-refractivity contribution in [2.75, 3.05) is 6.61 Å². The molecule has 1 saturated heterocycles. The molecule has 0 spiro atoms. The smallest absolute Gasteiger partial charge is 0.123 e. The van der Waals surface area contributed by atoms with Gasteiger partial charge < -0.3 is 9.84 Å². The van der Waals surface area contributed by atoms with Gasteiger partial charge in [-0.25, -0.2) is 0 Å². The standard InChI is InChI=1S/C6H11NO3/c1-4(8)6-5(7-9)2-3-10-6/h4-6,8H,2-3H2,1H3/t4?,5-,6?/m0/s1. The second-order valence-corrected chi connectivity index (χ2v) is 2.54. The van der Waals surface area contributed by atoms with Crippen molar-refractivity contribution in [1.29, 1.82) is 0 Å². The normalized spacial score (nSPS) is 35.8. The molecule has 1 N–H and O–H groups in total. The average molecular weight is 145 g/mol. The quantitative estimate of drug-likeness (QED) is 0.568. The van der Waals surface area contributed by atoms with Gasteiger partial charge in [0.25, 0.3) is 0 Å². The van der Waals surface area contributed by atoms with Gasteiger partial charge in [0.15, 0.2) is 0 Å². The Morgan fingerprint density at radius 3 is 2.90 bits per heavy atom. The van der Waals surface area contributed by atoms with Crippen LogP contribution in [0.4, 0.5) is 0 Å². The van der Waals surface area contributed by atoms with Crippen LogP contribution >= 0.6 is 0 Å². The van der Waals surface area contributed by atoms with Gasteiger partial charge in [0, 0.05) is 6.61 Å². The molecular formula is C6H11NO3. The lowest BCUT2D eigenvalue weighted by atomic mass is 10.1. The first-order valence-corrected chi connectivity index (χ1v) is 3.38. The minimum absolute atomic E-state index is 0.347.